The van der Waals surface area contributed by atoms with Crippen LogP contribution in [0.2, 0.25) is 5.02 Å². The van der Waals surface area contributed by atoms with Crippen LogP contribution < -0.4 is 0 Å². The Morgan fingerprint density at radius 3 is 2.30 bits per heavy atom. The van der Waals surface area contributed by atoms with Gasteiger partial charge in [0.15, 0.2) is 0 Å². The number of hydrogen-bond donors (Lipinski definition) is 0. The standard InChI is InChI=1S/C14H17ClF2N2O/c1-9(2)18-3-5-19(6-4-18)14(20)10-7-13(17)11(15)8-12(10)16/h7-9H,3-6H2,1-2H3. The zero-order chi connectivity index (χ0) is 14.9. The van der Waals surface area contributed by atoms with Crippen LogP contribution in [0.3, 0.4) is 0 Å². The van der Waals surface area contributed by atoms with Crippen LogP contribution in [0.25, 0.3) is 0 Å². The van der Waals surface area contributed by atoms with Crippen molar-refractivity contribution in [3.8, 4) is 0 Å². The maximum atomic E-state index is 13.7. The lowest BCUT2D eigenvalue weighted by Gasteiger charge is -2.37. The summed E-state index contributed by atoms with van der Waals surface area (Å²) in [6, 6.07) is 2.13. The van der Waals surface area contributed by atoms with E-state index in [1.54, 1.807) is 4.90 Å². The predicted molar refractivity (Wildman–Crippen MR) is 74.0 cm³/mol. The highest BCUT2D eigenvalue weighted by molar-refractivity contribution is 6.30. The van der Waals surface area contributed by atoms with Gasteiger partial charge in [-0.05, 0) is 26.0 Å². The minimum absolute atomic E-state index is 0.259. The van der Waals surface area contributed by atoms with Crippen LogP contribution in [-0.2, 0) is 0 Å². The van der Waals surface area contributed by atoms with Gasteiger partial charge < -0.3 is 4.90 Å². The normalized spacial score (nSPS) is 16.8. The third-order valence-electron chi connectivity index (χ3n) is 3.57. The van der Waals surface area contributed by atoms with Crippen molar-refractivity contribution in [1.29, 1.82) is 0 Å². The molecule has 0 radical (unpaired) electrons. The fourth-order valence-corrected chi connectivity index (χ4v) is 2.45. The first-order valence-electron chi connectivity index (χ1n) is 6.58. The zero-order valence-corrected chi connectivity index (χ0v) is 12.3. The summed E-state index contributed by atoms with van der Waals surface area (Å²) in [5.41, 5.74) is -0.259. The first kappa shape index (κ1) is 15.2. The third kappa shape index (κ3) is 3.10. The van der Waals surface area contributed by atoms with Gasteiger partial charge in [-0.25, -0.2) is 8.78 Å². The molecule has 0 unspecified atom stereocenters. The van der Waals surface area contributed by atoms with Crippen molar-refractivity contribution in [2.24, 2.45) is 0 Å². The van der Waals surface area contributed by atoms with Gasteiger partial charge in [-0.15, -0.1) is 0 Å². The van der Waals surface area contributed by atoms with E-state index in [9.17, 15) is 13.6 Å². The van der Waals surface area contributed by atoms with Crippen LogP contribution in [0.15, 0.2) is 12.1 Å². The van der Waals surface area contributed by atoms with Crippen molar-refractivity contribution < 1.29 is 13.6 Å². The first-order chi connectivity index (χ1) is 9.40. The third-order valence-corrected chi connectivity index (χ3v) is 3.86. The van der Waals surface area contributed by atoms with Gasteiger partial charge in [-0.3, -0.25) is 9.69 Å². The van der Waals surface area contributed by atoms with E-state index >= 15 is 0 Å². The van der Waals surface area contributed by atoms with Crippen molar-refractivity contribution in [3.05, 3.63) is 34.4 Å². The number of rotatable bonds is 2. The molecule has 3 nitrogen and oxygen atoms in total. The average molecular weight is 303 g/mol. The molecule has 0 aliphatic carbocycles. The predicted octanol–water partition coefficient (Wildman–Crippen LogP) is 2.78. The molecule has 1 aromatic carbocycles. The summed E-state index contributed by atoms with van der Waals surface area (Å²) in [4.78, 5) is 16.0. The fourth-order valence-electron chi connectivity index (χ4n) is 2.30. The van der Waals surface area contributed by atoms with Crippen LogP contribution in [0.5, 0.6) is 0 Å². The lowest BCUT2D eigenvalue weighted by molar-refractivity contribution is 0.0590. The summed E-state index contributed by atoms with van der Waals surface area (Å²) < 4.78 is 27.1. The molecule has 0 bridgehead atoms. The van der Waals surface area contributed by atoms with Gasteiger partial charge in [0, 0.05) is 32.2 Å². The Labute approximate surface area is 122 Å². The number of hydrogen-bond acceptors (Lipinski definition) is 2. The van der Waals surface area contributed by atoms with Gasteiger partial charge in [-0.2, -0.15) is 0 Å². The zero-order valence-electron chi connectivity index (χ0n) is 11.5. The molecule has 1 heterocycles. The molecule has 1 aromatic rings. The smallest absolute Gasteiger partial charge is 0.257 e. The van der Waals surface area contributed by atoms with E-state index < -0.39 is 17.5 Å². The second-order valence-corrected chi connectivity index (χ2v) is 5.58. The number of carbonyl (C=O) groups excluding carboxylic acids is 1. The molecule has 0 spiro atoms. The second kappa shape index (κ2) is 6.06. The Balaban J connectivity index is 2.11. The highest BCUT2D eigenvalue weighted by Crippen LogP contribution is 2.21. The fraction of sp³-hybridized carbons (Fsp3) is 0.500. The summed E-state index contributed by atoms with van der Waals surface area (Å²) in [5, 5.41) is -0.316. The largest absolute Gasteiger partial charge is 0.336 e. The van der Waals surface area contributed by atoms with E-state index in [-0.39, 0.29) is 10.6 Å². The van der Waals surface area contributed by atoms with Gasteiger partial charge in [-0.1, -0.05) is 11.6 Å². The number of nitrogens with zero attached hydrogens (tertiary/aromatic N) is 2. The van der Waals surface area contributed by atoms with Crippen molar-refractivity contribution in [3.63, 3.8) is 0 Å². The van der Waals surface area contributed by atoms with Crippen LogP contribution in [0.4, 0.5) is 8.78 Å². The quantitative estimate of drug-likeness (QED) is 0.784. The summed E-state index contributed by atoms with van der Waals surface area (Å²) in [7, 11) is 0. The molecule has 1 fully saturated rings. The second-order valence-electron chi connectivity index (χ2n) is 5.17. The topological polar surface area (TPSA) is 23.6 Å². The maximum absolute atomic E-state index is 13.7. The molecule has 20 heavy (non-hydrogen) atoms. The molecule has 0 N–H and O–H groups in total. The van der Waals surface area contributed by atoms with Crippen molar-refractivity contribution >= 4 is 17.5 Å². The SMILES string of the molecule is CC(C)N1CCN(C(=O)c2cc(F)c(Cl)cc2F)CC1. The Kier molecular flexibility index (Phi) is 4.60. The first-order valence-corrected chi connectivity index (χ1v) is 6.96. The summed E-state index contributed by atoms with van der Waals surface area (Å²) in [6.45, 7) is 6.68. The summed E-state index contributed by atoms with van der Waals surface area (Å²) in [5.74, 6) is -2.05. The molecule has 0 saturated carbocycles. The van der Waals surface area contributed by atoms with Crippen LogP contribution in [-0.4, -0.2) is 47.9 Å². The maximum Gasteiger partial charge on any atom is 0.257 e. The average Bonchev–Trinajstić information content (AvgIpc) is 2.42. The summed E-state index contributed by atoms with van der Waals surface area (Å²) >= 11 is 5.48. The van der Waals surface area contributed by atoms with Gasteiger partial charge >= 0.3 is 0 Å². The van der Waals surface area contributed by atoms with Crippen LogP contribution in [0.1, 0.15) is 24.2 Å². The van der Waals surface area contributed by atoms with Crippen LogP contribution in [0, 0.1) is 11.6 Å². The monoisotopic (exact) mass is 302 g/mol. The van der Waals surface area contributed by atoms with Crippen molar-refractivity contribution in [1.82, 2.24) is 9.80 Å². The van der Waals surface area contributed by atoms with Gasteiger partial charge in [0.2, 0.25) is 0 Å². The highest BCUT2D eigenvalue weighted by Gasteiger charge is 2.25. The van der Waals surface area contributed by atoms with E-state index in [0.717, 1.165) is 25.2 Å². The summed E-state index contributed by atoms with van der Waals surface area (Å²) in [6.07, 6.45) is 0. The molecular formula is C14H17ClF2N2O. The van der Waals surface area contributed by atoms with E-state index in [1.807, 2.05) is 0 Å². The number of piperazine rings is 1. The minimum atomic E-state index is -0.785. The Bertz CT molecular complexity index is 514. The molecule has 1 saturated heterocycles. The number of carbonyl (C=O) groups is 1. The van der Waals surface area contributed by atoms with E-state index in [0.29, 0.717) is 19.1 Å². The van der Waals surface area contributed by atoms with Gasteiger partial charge in [0.05, 0.1) is 10.6 Å². The molecule has 2 rings (SSSR count). The molecular weight excluding hydrogens is 286 g/mol. The Morgan fingerprint density at radius 2 is 1.75 bits per heavy atom. The van der Waals surface area contributed by atoms with Crippen LogP contribution >= 0.6 is 11.6 Å². The van der Waals surface area contributed by atoms with Crippen molar-refractivity contribution in [2.45, 2.75) is 19.9 Å². The van der Waals surface area contributed by atoms with Gasteiger partial charge in [0.25, 0.3) is 5.91 Å². The Morgan fingerprint density at radius 1 is 1.15 bits per heavy atom. The lowest BCUT2D eigenvalue weighted by atomic mass is 10.1. The number of halogens is 3. The molecule has 0 atom stereocenters. The Hall–Kier alpha value is -1.20. The van der Waals surface area contributed by atoms with E-state index in [2.05, 4.69) is 18.7 Å². The van der Waals surface area contributed by atoms with Crippen molar-refractivity contribution in [2.75, 3.05) is 26.2 Å². The minimum Gasteiger partial charge on any atom is -0.336 e. The molecule has 1 aliphatic heterocycles. The molecule has 1 aliphatic rings. The van der Waals surface area contributed by atoms with E-state index in [4.69, 9.17) is 11.6 Å². The molecule has 110 valence electrons. The number of benzene rings is 1. The highest BCUT2D eigenvalue weighted by atomic mass is 35.5. The van der Waals surface area contributed by atoms with Gasteiger partial charge in [0.1, 0.15) is 11.6 Å². The molecule has 0 aromatic heterocycles. The lowest BCUT2D eigenvalue weighted by Crippen LogP contribution is -2.50. The number of amides is 1. The van der Waals surface area contributed by atoms with E-state index in [1.165, 1.54) is 0 Å². The molecule has 6 heteroatoms. The molecule has 1 amide bonds.